The van der Waals surface area contributed by atoms with Crippen molar-refractivity contribution in [2.75, 3.05) is 6.61 Å². The van der Waals surface area contributed by atoms with Crippen LogP contribution in [-0.4, -0.2) is 44.7 Å². The molecule has 7 heteroatoms. The van der Waals surface area contributed by atoms with Crippen LogP contribution in [0.1, 0.15) is 107 Å². The van der Waals surface area contributed by atoms with Crippen LogP contribution in [0.5, 0.6) is 5.75 Å². The van der Waals surface area contributed by atoms with E-state index in [4.69, 9.17) is 9.84 Å². The lowest BCUT2D eigenvalue weighted by atomic mass is 9.91. The number of aromatic nitrogens is 2. The normalized spacial score (nSPS) is 21.1. The smallest absolute Gasteiger partial charge is 0.273 e. The molecule has 0 unspecified atom stereocenters. The topological polar surface area (TPSA) is 76.5 Å². The lowest BCUT2D eigenvalue weighted by molar-refractivity contribution is -0.134. The van der Waals surface area contributed by atoms with E-state index in [0.29, 0.717) is 25.4 Å². The Hall–Kier alpha value is -2.83. The third-order valence-corrected chi connectivity index (χ3v) is 7.57. The number of nitrogens with zero attached hydrogens (tertiary/aromatic N) is 3. The van der Waals surface area contributed by atoms with Gasteiger partial charge in [-0.2, -0.15) is 5.10 Å². The van der Waals surface area contributed by atoms with Crippen LogP contribution in [0.15, 0.2) is 30.3 Å². The summed E-state index contributed by atoms with van der Waals surface area (Å²) in [6.45, 7) is 9.47. The summed E-state index contributed by atoms with van der Waals surface area (Å²) in [5.74, 6) is 0.781. The number of benzene rings is 1. The first-order valence-corrected chi connectivity index (χ1v) is 13.7. The number of hydrogen-bond donors (Lipinski definition) is 1. The third kappa shape index (κ3) is 5.76. The van der Waals surface area contributed by atoms with Crippen molar-refractivity contribution in [2.24, 2.45) is 0 Å². The van der Waals surface area contributed by atoms with Gasteiger partial charge >= 0.3 is 0 Å². The van der Waals surface area contributed by atoms with Gasteiger partial charge in [0.05, 0.1) is 18.8 Å². The molecule has 0 radical (unpaired) electrons. The van der Waals surface area contributed by atoms with Crippen LogP contribution >= 0.6 is 0 Å². The van der Waals surface area contributed by atoms with Crippen molar-refractivity contribution in [3.05, 3.63) is 47.3 Å². The zero-order valence-corrected chi connectivity index (χ0v) is 22.4. The number of fused-ring (bicyclic) bond motifs is 1. The van der Waals surface area contributed by atoms with Crippen LogP contribution in [0.4, 0.5) is 0 Å². The minimum Gasteiger partial charge on any atom is -0.494 e. The van der Waals surface area contributed by atoms with Crippen LogP contribution in [0.2, 0.25) is 0 Å². The fraction of sp³-hybridized carbons (Fsp3) is 0.621. The highest BCUT2D eigenvalue weighted by atomic mass is 16.5. The van der Waals surface area contributed by atoms with Crippen molar-refractivity contribution in [3.8, 4) is 5.75 Å². The molecule has 1 atom stereocenters. The van der Waals surface area contributed by atoms with E-state index in [1.54, 1.807) is 9.58 Å². The molecule has 1 aliphatic heterocycles. The molecule has 0 bridgehead atoms. The number of hydrogen-bond acceptors (Lipinski definition) is 4. The third-order valence-electron chi connectivity index (χ3n) is 7.57. The Morgan fingerprint density at radius 3 is 2.44 bits per heavy atom. The Labute approximate surface area is 215 Å². The molecule has 1 N–H and O–H groups in total. The molecular formula is C29H42N4O3. The minimum absolute atomic E-state index is 0.0865. The largest absolute Gasteiger partial charge is 0.494 e. The summed E-state index contributed by atoms with van der Waals surface area (Å²) in [6.07, 6.45) is 8.95. The standard InChI is InChI=1S/C29H42N4O3/c1-5-17-36-24-15-13-22(14-16-24)19-32-27(34)26-18-25(21(2)3)31-33(26)20-29(32,4)28(35)30-23-11-9-7-6-8-10-12-23/h13-16,18,21,23H,5-12,17,19-20H2,1-4H3,(H,30,35)/t29-/m0/s1. The van der Waals surface area contributed by atoms with Crippen LogP contribution in [0, 0.1) is 0 Å². The van der Waals surface area contributed by atoms with Crippen molar-refractivity contribution in [2.45, 2.75) is 110 Å². The van der Waals surface area contributed by atoms with E-state index in [1.807, 2.05) is 37.3 Å². The summed E-state index contributed by atoms with van der Waals surface area (Å²) < 4.78 is 7.46. The number of carbonyl (C=O) groups excluding carboxylic acids is 2. The van der Waals surface area contributed by atoms with Gasteiger partial charge in [0.15, 0.2) is 0 Å². The fourth-order valence-corrected chi connectivity index (χ4v) is 5.23. The van der Waals surface area contributed by atoms with Gasteiger partial charge in [-0.05, 0) is 55.9 Å². The highest BCUT2D eigenvalue weighted by Crippen LogP contribution is 2.31. The summed E-state index contributed by atoms with van der Waals surface area (Å²) >= 11 is 0. The minimum atomic E-state index is -1.04. The fourth-order valence-electron chi connectivity index (χ4n) is 5.23. The summed E-state index contributed by atoms with van der Waals surface area (Å²) in [4.78, 5) is 29.5. The SMILES string of the molecule is CCCOc1ccc(CN2C(=O)c3cc(C(C)C)nn3C[C@@]2(C)C(=O)NC2CCCCCCC2)cc1. The van der Waals surface area contributed by atoms with E-state index in [0.717, 1.165) is 49.1 Å². The van der Waals surface area contributed by atoms with Gasteiger partial charge < -0.3 is 15.0 Å². The molecule has 2 aromatic rings. The van der Waals surface area contributed by atoms with E-state index < -0.39 is 5.54 Å². The molecule has 196 valence electrons. The van der Waals surface area contributed by atoms with E-state index in [9.17, 15) is 9.59 Å². The maximum Gasteiger partial charge on any atom is 0.273 e. The zero-order valence-electron chi connectivity index (χ0n) is 22.4. The highest BCUT2D eigenvalue weighted by molar-refractivity contribution is 5.99. The molecule has 0 saturated heterocycles. The second-order valence-corrected chi connectivity index (χ2v) is 10.9. The van der Waals surface area contributed by atoms with Gasteiger partial charge in [-0.25, -0.2) is 0 Å². The molecule has 7 nitrogen and oxygen atoms in total. The average molecular weight is 495 g/mol. The van der Waals surface area contributed by atoms with Gasteiger partial charge in [0.25, 0.3) is 5.91 Å². The van der Waals surface area contributed by atoms with Crippen LogP contribution in [0.25, 0.3) is 0 Å². The molecule has 2 aliphatic rings. The number of nitrogens with one attached hydrogen (secondary N) is 1. The molecule has 1 aromatic heterocycles. The Morgan fingerprint density at radius 2 is 1.81 bits per heavy atom. The monoisotopic (exact) mass is 494 g/mol. The van der Waals surface area contributed by atoms with Gasteiger partial charge in [-0.1, -0.05) is 65.0 Å². The molecule has 36 heavy (non-hydrogen) atoms. The number of rotatable bonds is 8. The van der Waals surface area contributed by atoms with Crippen molar-refractivity contribution < 1.29 is 14.3 Å². The van der Waals surface area contributed by atoms with E-state index in [1.165, 1.54) is 19.3 Å². The summed E-state index contributed by atoms with van der Waals surface area (Å²) in [7, 11) is 0. The van der Waals surface area contributed by atoms with E-state index >= 15 is 0 Å². The maximum absolute atomic E-state index is 13.9. The lowest BCUT2D eigenvalue weighted by Crippen LogP contribution is -2.64. The molecule has 2 amide bonds. The summed E-state index contributed by atoms with van der Waals surface area (Å²) in [5, 5.41) is 8.04. The molecule has 1 aliphatic carbocycles. The summed E-state index contributed by atoms with van der Waals surface area (Å²) in [5.41, 5.74) is 1.36. The Bertz CT molecular complexity index is 1040. The first-order chi connectivity index (χ1) is 17.3. The van der Waals surface area contributed by atoms with Crippen LogP contribution in [0.3, 0.4) is 0 Å². The van der Waals surface area contributed by atoms with Gasteiger partial charge in [0.1, 0.15) is 17.0 Å². The number of amides is 2. The first kappa shape index (κ1) is 26.2. The van der Waals surface area contributed by atoms with Gasteiger partial charge in [-0.15, -0.1) is 0 Å². The number of ether oxygens (including phenoxy) is 1. The predicted octanol–water partition coefficient (Wildman–Crippen LogP) is 5.44. The zero-order chi connectivity index (χ0) is 25.7. The summed E-state index contributed by atoms with van der Waals surface area (Å²) in [6, 6.07) is 9.88. The average Bonchev–Trinajstić information content (AvgIpc) is 3.27. The van der Waals surface area contributed by atoms with Gasteiger partial charge in [0.2, 0.25) is 5.91 Å². The lowest BCUT2D eigenvalue weighted by Gasteiger charge is -2.44. The van der Waals surface area contributed by atoms with Crippen molar-refractivity contribution >= 4 is 11.8 Å². The second kappa shape index (κ2) is 11.5. The Balaban J connectivity index is 1.61. The molecule has 4 rings (SSSR count). The number of carbonyl (C=O) groups is 2. The molecule has 2 heterocycles. The van der Waals surface area contributed by atoms with Crippen molar-refractivity contribution in [1.29, 1.82) is 0 Å². The van der Waals surface area contributed by atoms with Crippen LogP contribution in [-0.2, 0) is 17.9 Å². The van der Waals surface area contributed by atoms with E-state index in [2.05, 4.69) is 26.1 Å². The first-order valence-electron chi connectivity index (χ1n) is 13.7. The Morgan fingerprint density at radius 1 is 1.14 bits per heavy atom. The molecule has 1 saturated carbocycles. The maximum atomic E-state index is 13.9. The van der Waals surface area contributed by atoms with Gasteiger partial charge in [-0.3, -0.25) is 14.3 Å². The van der Waals surface area contributed by atoms with Gasteiger partial charge in [0, 0.05) is 12.6 Å². The predicted molar refractivity (Wildman–Crippen MR) is 141 cm³/mol. The quantitative estimate of drug-likeness (QED) is 0.530. The molecular weight excluding hydrogens is 452 g/mol. The highest BCUT2D eigenvalue weighted by Gasteiger charge is 2.48. The molecule has 1 aromatic carbocycles. The Kier molecular flexibility index (Phi) is 8.37. The van der Waals surface area contributed by atoms with E-state index in [-0.39, 0.29) is 23.8 Å². The second-order valence-electron chi connectivity index (χ2n) is 10.9. The van der Waals surface area contributed by atoms with Crippen LogP contribution < -0.4 is 10.1 Å². The molecule has 1 fully saturated rings. The van der Waals surface area contributed by atoms with Crippen molar-refractivity contribution in [1.82, 2.24) is 20.0 Å². The van der Waals surface area contributed by atoms with Crippen molar-refractivity contribution in [3.63, 3.8) is 0 Å². The molecule has 0 spiro atoms.